The van der Waals surface area contributed by atoms with E-state index in [1.54, 1.807) is 0 Å². The van der Waals surface area contributed by atoms with Crippen molar-refractivity contribution in [3.8, 4) is 11.3 Å². The maximum Gasteiger partial charge on any atom is 0.168 e. The van der Waals surface area contributed by atoms with Crippen molar-refractivity contribution in [2.24, 2.45) is 0 Å². The molecule has 0 aliphatic carbocycles. The lowest BCUT2D eigenvalue weighted by Crippen LogP contribution is -1.94. The molecule has 0 amide bonds. The Morgan fingerprint density at radius 1 is 1.00 bits per heavy atom. The average molecular weight is 219 g/mol. The fraction of sp³-hybridized carbons (Fsp3) is 0. The number of benzene rings is 1. The van der Waals surface area contributed by atoms with E-state index >= 15 is 0 Å². The van der Waals surface area contributed by atoms with Crippen LogP contribution >= 0.6 is 0 Å². The van der Waals surface area contributed by atoms with Gasteiger partial charge in [0, 0.05) is 5.56 Å². The van der Waals surface area contributed by atoms with Crippen LogP contribution in [-0.4, -0.2) is 11.3 Å². The molecule has 0 unspecified atom stereocenters. The highest BCUT2D eigenvalue weighted by molar-refractivity contribution is 5.73. The molecule has 1 aromatic carbocycles. The molecule has 0 radical (unpaired) electrons. The molecule has 16 heavy (non-hydrogen) atoms. The highest BCUT2D eigenvalue weighted by Crippen LogP contribution is 2.20. The van der Waals surface area contributed by atoms with Crippen molar-refractivity contribution in [1.29, 1.82) is 0 Å². The van der Waals surface area contributed by atoms with Crippen molar-refractivity contribution in [2.45, 2.75) is 0 Å². The molecule has 0 N–H and O–H groups in total. The molecule has 0 bridgehead atoms. The van der Waals surface area contributed by atoms with E-state index in [0.717, 1.165) is 6.07 Å². The number of halogens is 2. The fourth-order valence-corrected chi connectivity index (χ4v) is 1.33. The van der Waals surface area contributed by atoms with Crippen molar-refractivity contribution in [2.75, 3.05) is 0 Å². The zero-order chi connectivity index (χ0) is 11.5. The van der Waals surface area contributed by atoms with Gasteiger partial charge >= 0.3 is 0 Å². The third-order valence-corrected chi connectivity index (χ3v) is 2.11. The van der Waals surface area contributed by atoms with Crippen LogP contribution in [0.1, 0.15) is 10.5 Å². The molecule has 0 atom stereocenters. The van der Waals surface area contributed by atoms with Gasteiger partial charge in [0.2, 0.25) is 0 Å². The van der Waals surface area contributed by atoms with Gasteiger partial charge in [-0.1, -0.05) is 0 Å². The first kappa shape index (κ1) is 10.4. The summed E-state index contributed by atoms with van der Waals surface area (Å²) in [7, 11) is 0. The van der Waals surface area contributed by atoms with Crippen LogP contribution in [0.4, 0.5) is 8.78 Å². The normalized spacial score (nSPS) is 10.1. The van der Waals surface area contributed by atoms with Gasteiger partial charge in [0.25, 0.3) is 0 Å². The number of rotatable bonds is 2. The molecule has 1 aromatic heterocycles. The van der Waals surface area contributed by atoms with E-state index in [1.807, 2.05) is 0 Å². The van der Waals surface area contributed by atoms with E-state index in [-0.39, 0.29) is 11.4 Å². The molecule has 0 aliphatic rings. The number of carbonyl (C=O) groups excluding carboxylic acids is 1. The molecule has 0 aliphatic heterocycles. The van der Waals surface area contributed by atoms with E-state index in [0.29, 0.717) is 11.8 Å². The number of hydrogen-bond donors (Lipinski definition) is 0. The smallest absolute Gasteiger partial charge is 0.168 e. The molecule has 0 saturated carbocycles. The topological polar surface area (TPSA) is 30.0 Å². The van der Waals surface area contributed by atoms with Gasteiger partial charge in [0.1, 0.15) is 23.0 Å². The van der Waals surface area contributed by atoms with Gasteiger partial charge in [0.05, 0.1) is 0 Å². The second kappa shape index (κ2) is 4.18. The lowest BCUT2D eigenvalue weighted by Gasteiger charge is -2.02. The monoisotopic (exact) mass is 219 g/mol. The number of carbonyl (C=O) groups is 1. The summed E-state index contributed by atoms with van der Waals surface area (Å²) in [6.45, 7) is 0. The summed E-state index contributed by atoms with van der Waals surface area (Å²) in [4.78, 5) is 14.3. The molecule has 2 nitrogen and oxygen atoms in total. The van der Waals surface area contributed by atoms with Crippen LogP contribution < -0.4 is 0 Å². The molecule has 1 heterocycles. The zero-order valence-corrected chi connectivity index (χ0v) is 8.15. The minimum atomic E-state index is -0.544. The van der Waals surface area contributed by atoms with Gasteiger partial charge in [0.15, 0.2) is 6.29 Å². The van der Waals surface area contributed by atoms with Crippen molar-refractivity contribution < 1.29 is 13.6 Å². The summed E-state index contributed by atoms with van der Waals surface area (Å²) in [5.74, 6) is -0.951. The van der Waals surface area contributed by atoms with E-state index in [1.165, 1.54) is 30.3 Å². The van der Waals surface area contributed by atoms with E-state index < -0.39 is 11.6 Å². The van der Waals surface area contributed by atoms with Gasteiger partial charge in [-0.3, -0.25) is 4.79 Å². The van der Waals surface area contributed by atoms with Gasteiger partial charge in [-0.15, -0.1) is 0 Å². The minimum absolute atomic E-state index is 0.0459. The summed E-state index contributed by atoms with van der Waals surface area (Å²) in [6, 6.07) is 7.70. The SMILES string of the molecule is O=Cc1ccc(F)c(-c2ccc(F)cc2)n1. The quantitative estimate of drug-likeness (QED) is 0.727. The Hall–Kier alpha value is -2.10. The van der Waals surface area contributed by atoms with Crippen molar-refractivity contribution >= 4 is 6.29 Å². The molecule has 0 fully saturated rings. The van der Waals surface area contributed by atoms with E-state index in [2.05, 4.69) is 4.98 Å². The molecular formula is C12H7F2NO. The Kier molecular flexibility index (Phi) is 2.72. The molecular weight excluding hydrogens is 212 g/mol. The lowest BCUT2D eigenvalue weighted by molar-refractivity contribution is 0.111. The summed E-state index contributed by atoms with van der Waals surface area (Å²) >= 11 is 0. The average Bonchev–Trinajstić information content (AvgIpc) is 2.31. The number of aromatic nitrogens is 1. The molecule has 0 saturated heterocycles. The Morgan fingerprint density at radius 3 is 2.31 bits per heavy atom. The zero-order valence-electron chi connectivity index (χ0n) is 8.15. The highest BCUT2D eigenvalue weighted by atomic mass is 19.1. The van der Waals surface area contributed by atoms with Crippen LogP contribution in [0.3, 0.4) is 0 Å². The number of nitrogens with zero attached hydrogens (tertiary/aromatic N) is 1. The number of aldehydes is 1. The first-order valence-corrected chi connectivity index (χ1v) is 4.58. The minimum Gasteiger partial charge on any atom is -0.296 e. The summed E-state index contributed by atoms with van der Waals surface area (Å²) < 4.78 is 26.1. The molecule has 2 aromatic rings. The third kappa shape index (κ3) is 1.95. The van der Waals surface area contributed by atoms with Crippen molar-refractivity contribution in [3.05, 3.63) is 53.7 Å². The molecule has 80 valence electrons. The Labute approximate surface area is 90.6 Å². The summed E-state index contributed by atoms with van der Waals surface area (Å²) in [6.07, 6.45) is 0.534. The molecule has 0 spiro atoms. The van der Waals surface area contributed by atoms with Crippen molar-refractivity contribution in [3.63, 3.8) is 0 Å². The van der Waals surface area contributed by atoms with Crippen LogP contribution in [0.5, 0.6) is 0 Å². The van der Waals surface area contributed by atoms with Crippen LogP contribution in [0.15, 0.2) is 36.4 Å². The van der Waals surface area contributed by atoms with Gasteiger partial charge in [-0.2, -0.15) is 0 Å². The second-order valence-corrected chi connectivity index (χ2v) is 3.19. The molecule has 2 rings (SSSR count). The maximum absolute atomic E-state index is 13.4. The van der Waals surface area contributed by atoms with Crippen LogP contribution in [0.25, 0.3) is 11.3 Å². The first-order valence-electron chi connectivity index (χ1n) is 4.58. The first-order chi connectivity index (χ1) is 7.70. The second-order valence-electron chi connectivity index (χ2n) is 3.19. The largest absolute Gasteiger partial charge is 0.296 e. The van der Waals surface area contributed by atoms with Gasteiger partial charge in [-0.25, -0.2) is 13.8 Å². The van der Waals surface area contributed by atoms with Crippen LogP contribution in [0.2, 0.25) is 0 Å². The lowest BCUT2D eigenvalue weighted by atomic mass is 10.1. The van der Waals surface area contributed by atoms with E-state index in [9.17, 15) is 13.6 Å². The Morgan fingerprint density at radius 2 is 1.69 bits per heavy atom. The molecule has 4 heteroatoms. The predicted octanol–water partition coefficient (Wildman–Crippen LogP) is 2.84. The highest BCUT2D eigenvalue weighted by Gasteiger charge is 2.07. The third-order valence-electron chi connectivity index (χ3n) is 2.11. The van der Waals surface area contributed by atoms with Gasteiger partial charge in [-0.05, 0) is 36.4 Å². The van der Waals surface area contributed by atoms with Gasteiger partial charge < -0.3 is 0 Å². The Balaban J connectivity index is 2.54. The van der Waals surface area contributed by atoms with Crippen LogP contribution in [0, 0.1) is 11.6 Å². The Bertz CT molecular complexity index is 523. The maximum atomic E-state index is 13.4. The standard InChI is InChI=1S/C12H7F2NO/c13-9-3-1-8(2-4-9)12-11(14)6-5-10(7-16)15-12/h1-7H. The fourth-order valence-electron chi connectivity index (χ4n) is 1.33. The van der Waals surface area contributed by atoms with Crippen LogP contribution in [-0.2, 0) is 0 Å². The van der Waals surface area contributed by atoms with E-state index in [4.69, 9.17) is 0 Å². The van der Waals surface area contributed by atoms with Crippen molar-refractivity contribution in [1.82, 2.24) is 4.98 Å². The predicted molar refractivity (Wildman–Crippen MR) is 55.0 cm³/mol. The summed E-state index contributed by atoms with van der Waals surface area (Å²) in [5.41, 5.74) is 0.618. The number of pyridine rings is 1. The number of hydrogen-bond acceptors (Lipinski definition) is 2. The summed E-state index contributed by atoms with van der Waals surface area (Å²) in [5, 5.41) is 0.